The summed E-state index contributed by atoms with van der Waals surface area (Å²) in [7, 11) is 0. The van der Waals surface area contributed by atoms with Crippen LogP contribution in [0.3, 0.4) is 0 Å². The lowest BCUT2D eigenvalue weighted by Crippen LogP contribution is -2.10. The topological polar surface area (TPSA) is 37.6 Å². The van der Waals surface area contributed by atoms with Gasteiger partial charge in [-0.15, -0.1) is 0 Å². The molecule has 0 amide bonds. The Balaban J connectivity index is 1.17. The van der Waals surface area contributed by atoms with E-state index in [0.29, 0.717) is 0 Å². The zero-order chi connectivity index (χ0) is 32.3. The van der Waals surface area contributed by atoms with Crippen LogP contribution >= 0.6 is 0 Å². The summed E-state index contributed by atoms with van der Waals surface area (Å²) in [4.78, 5) is 2.31. The summed E-state index contributed by atoms with van der Waals surface area (Å²) in [6.07, 6.45) is -0.272. The van der Waals surface area contributed by atoms with Crippen molar-refractivity contribution in [1.82, 2.24) is 0 Å². The van der Waals surface area contributed by atoms with Gasteiger partial charge in [0.15, 0.2) is 12.0 Å². The molecular formula is C45H30N2O2. The summed E-state index contributed by atoms with van der Waals surface area (Å²) < 4.78 is 13.1. The van der Waals surface area contributed by atoms with Crippen molar-refractivity contribution in [2.75, 3.05) is 10.2 Å². The van der Waals surface area contributed by atoms with Crippen molar-refractivity contribution in [3.05, 3.63) is 175 Å². The average Bonchev–Trinajstić information content (AvgIpc) is 3.79. The first kappa shape index (κ1) is 27.6. The molecule has 49 heavy (non-hydrogen) atoms. The zero-order valence-electron chi connectivity index (χ0n) is 26.5. The van der Waals surface area contributed by atoms with Crippen LogP contribution in [0.1, 0.15) is 11.8 Å². The predicted octanol–water partition coefficient (Wildman–Crippen LogP) is 12.5. The minimum Gasteiger partial charge on any atom is -0.464 e. The smallest absolute Gasteiger partial charge is 0.196 e. The first-order chi connectivity index (χ1) is 24.3. The van der Waals surface area contributed by atoms with E-state index < -0.39 is 0 Å². The van der Waals surface area contributed by atoms with E-state index in [9.17, 15) is 0 Å². The summed E-state index contributed by atoms with van der Waals surface area (Å²) in [6.45, 7) is 0. The Bertz CT molecular complexity index is 2660. The van der Waals surface area contributed by atoms with Gasteiger partial charge in [0, 0.05) is 50.2 Å². The van der Waals surface area contributed by atoms with E-state index in [1.807, 2.05) is 18.2 Å². The summed E-state index contributed by atoms with van der Waals surface area (Å²) in [5.74, 6) is 0.886. The zero-order valence-corrected chi connectivity index (χ0v) is 26.5. The molecule has 1 atom stereocenters. The number of hydrogen-bond donors (Lipinski definition) is 1. The number of fused-ring (bicyclic) bond motifs is 9. The normalized spacial score (nSPS) is 13.8. The number of ether oxygens (including phenoxy) is 1. The second-order valence-electron chi connectivity index (χ2n) is 12.6. The molecule has 9 aromatic rings. The Kier molecular flexibility index (Phi) is 6.21. The molecular weight excluding hydrogens is 601 g/mol. The highest BCUT2D eigenvalue weighted by Crippen LogP contribution is 2.50. The van der Waals surface area contributed by atoms with Crippen molar-refractivity contribution in [1.29, 1.82) is 0 Å². The summed E-state index contributed by atoms with van der Waals surface area (Å²) in [6, 6.07) is 59.7. The van der Waals surface area contributed by atoms with E-state index in [0.717, 1.165) is 66.8 Å². The van der Waals surface area contributed by atoms with Gasteiger partial charge in [-0.2, -0.15) is 0 Å². The highest BCUT2D eigenvalue weighted by Gasteiger charge is 2.28. The van der Waals surface area contributed by atoms with Gasteiger partial charge in [-0.3, -0.25) is 0 Å². The lowest BCUT2D eigenvalue weighted by Gasteiger charge is -2.26. The van der Waals surface area contributed by atoms with Crippen LogP contribution in [-0.4, -0.2) is 0 Å². The lowest BCUT2D eigenvalue weighted by molar-refractivity contribution is 0.262. The first-order valence-corrected chi connectivity index (χ1v) is 16.6. The molecule has 10 rings (SSSR count). The number of nitrogens with one attached hydrogen (secondary N) is 1. The van der Waals surface area contributed by atoms with Crippen LogP contribution in [0.15, 0.2) is 174 Å². The van der Waals surface area contributed by atoms with Crippen molar-refractivity contribution in [3.63, 3.8) is 0 Å². The van der Waals surface area contributed by atoms with Gasteiger partial charge in [0.1, 0.15) is 11.2 Å². The second-order valence-corrected chi connectivity index (χ2v) is 12.6. The molecule has 2 heterocycles. The quantitative estimate of drug-likeness (QED) is 0.192. The number of anilines is 4. The van der Waals surface area contributed by atoms with E-state index in [1.165, 1.54) is 21.9 Å². The molecule has 8 aromatic carbocycles. The van der Waals surface area contributed by atoms with Crippen LogP contribution in [0.25, 0.3) is 54.6 Å². The molecule has 0 fully saturated rings. The Labute approximate surface area is 283 Å². The van der Waals surface area contributed by atoms with Crippen molar-refractivity contribution < 1.29 is 9.15 Å². The average molecular weight is 631 g/mol. The molecule has 0 saturated carbocycles. The van der Waals surface area contributed by atoms with E-state index >= 15 is 0 Å². The third-order valence-corrected chi connectivity index (χ3v) is 9.69. The van der Waals surface area contributed by atoms with Gasteiger partial charge in [0.25, 0.3) is 0 Å². The molecule has 1 aliphatic rings. The van der Waals surface area contributed by atoms with Crippen molar-refractivity contribution in [3.8, 4) is 16.9 Å². The number of rotatable bonds is 5. The molecule has 1 unspecified atom stereocenters. The molecule has 4 heteroatoms. The third kappa shape index (κ3) is 4.53. The maximum atomic E-state index is 6.68. The van der Waals surface area contributed by atoms with Gasteiger partial charge in [-0.25, -0.2) is 0 Å². The number of benzene rings is 8. The number of furan rings is 1. The van der Waals surface area contributed by atoms with E-state index in [4.69, 9.17) is 9.15 Å². The lowest BCUT2D eigenvalue weighted by atomic mass is 9.98. The van der Waals surface area contributed by atoms with Gasteiger partial charge < -0.3 is 19.4 Å². The minimum atomic E-state index is -0.272. The summed E-state index contributed by atoms with van der Waals surface area (Å²) in [5.41, 5.74) is 9.32. The van der Waals surface area contributed by atoms with Gasteiger partial charge in [-0.05, 0) is 64.4 Å². The van der Waals surface area contributed by atoms with Crippen molar-refractivity contribution in [2.45, 2.75) is 6.23 Å². The highest BCUT2D eigenvalue weighted by atomic mass is 16.5. The van der Waals surface area contributed by atoms with Crippen molar-refractivity contribution in [2.24, 2.45) is 0 Å². The van der Waals surface area contributed by atoms with Gasteiger partial charge in [0.2, 0.25) is 0 Å². The largest absolute Gasteiger partial charge is 0.464 e. The Morgan fingerprint density at radius 3 is 1.80 bits per heavy atom. The molecule has 232 valence electrons. The number of para-hydroxylation sites is 1. The molecule has 1 N–H and O–H groups in total. The molecule has 4 nitrogen and oxygen atoms in total. The van der Waals surface area contributed by atoms with Crippen molar-refractivity contribution >= 4 is 66.2 Å². The predicted molar refractivity (Wildman–Crippen MR) is 202 cm³/mol. The standard InChI is InChI=1S/C45H30N2O2/c1-3-11-29(12-4-1)30-19-21-32(22-20-30)47(34-24-26-38-37-16-9-10-18-41(37)48-42(38)28-34)33-23-25-36-35-15-7-8-17-39(35)44-43(40(36)27-33)46-45(49-44)31-13-5-2-6-14-31/h1-28,45-46H. The third-order valence-electron chi connectivity index (χ3n) is 9.69. The molecule has 0 saturated heterocycles. The fraction of sp³-hybridized carbons (Fsp3) is 0.0222. The van der Waals surface area contributed by atoms with Crippen LogP contribution in [-0.2, 0) is 0 Å². The minimum absolute atomic E-state index is 0.272. The molecule has 0 bridgehead atoms. The number of nitrogens with zero attached hydrogens (tertiary/aromatic N) is 1. The van der Waals surface area contributed by atoms with Crippen LogP contribution in [0.2, 0.25) is 0 Å². The van der Waals surface area contributed by atoms with Gasteiger partial charge in [-0.1, -0.05) is 121 Å². The summed E-state index contributed by atoms with van der Waals surface area (Å²) >= 11 is 0. The molecule has 0 aliphatic carbocycles. The molecule has 1 aliphatic heterocycles. The molecule has 0 radical (unpaired) electrons. The molecule has 1 aromatic heterocycles. The van der Waals surface area contributed by atoms with E-state index in [1.54, 1.807) is 0 Å². The van der Waals surface area contributed by atoms with Crippen LogP contribution < -0.4 is 15.0 Å². The Hall–Kier alpha value is -6.52. The van der Waals surface area contributed by atoms with Gasteiger partial charge in [0.05, 0.1) is 5.69 Å². The first-order valence-electron chi connectivity index (χ1n) is 16.6. The fourth-order valence-electron chi connectivity index (χ4n) is 7.34. The maximum Gasteiger partial charge on any atom is 0.196 e. The molecule has 0 spiro atoms. The highest BCUT2D eigenvalue weighted by molar-refractivity contribution is 6.18. The Morgan fingerprint density at radius 2 is 1.00 bits per heavy atom. The van der Waals surface area contributed by atoms with Crippen LogP contribution in [0.4, 0.5) is 22.7 Å². The van der Waals surface area contributed by atoms with Crippen LogP contribution in [0, 0.1) is 0 Å². The maximum absolute atomic E-state index is 6.68. The van der Waals surface area contributed by atoms with Gasteiger partial charge >= 0.3 is 0 Å². The van der Waals surface area contributed by atoms with E-state index in [-0.39, 0.29) is 6.23 Å². The SMILES string of the molecule is c1ccc(-c2ccc(N(c3ccc4c(c3)oc3ccccc34)c3ccc4c(c3)c3c(c5ccccc54)OC(c4ccccc4)N3)cc2)cc1. The monoisotopic (exact) mass is 630 g/mol. The van der Waals surface area contributed by atoms with E-state index in [2.05, 4.69) is 162 Å². The Morgan fingerprint density at radius 1 is 0.429 bits per heavy atom. The fourth-order valence-corrected chi connectivity index (χ4v) is 7.34. The van der Waals surface area contributed by atoms with Crippen LogP contribution in [0.5, 0.6) is 5.75 Å². The second kappa shape index (κ2) is 11.0. The summed E-state index contributed by atoms with van der Waals surface area (Å²) in [5, 5.41) is 10.5. The number of hydrogen-bond acceptors (Lipinski definition) is 4.